The third kappa shape index (κ3) is 2.17. The number of benzene rings is 2. The number of hydrogen-bond acceptors (Lipinski definition) is 3. The lowest BCUT2D eigenvalue weighted by atomic mass is 9.97. The van der Waals surface area contributed by atoms with Gasteiger partial charge in [-0.1, -0.05) is 34.8 Å². The van der Waals surface area contributed by atoms with Gasteiger partial charge < -0.3 is 15.8 Å². The average molecular weight is 370 g/mol. The van der Waals surface area contributed by atoms with E-state index in [9.17, 15) is 4.79 Å². The highest BCUT2D eigenvalue weighted by atomic mass is 35.5. The van der Waals surface area contributed by atoms with Gasteiger partial charge >= 0.3 is 0 Å². The molecular weight excluding hydrogens is 359 g/mol. The maximum absolute atomic E-state index is 12.1. The molecule has 1 saturated carbocycles. The Morgan fingerprint density at radius 2 is 1.78 bits per heavy atom. The molecule has 1 heterocycles. The largest absolute Gasteiger partial charge is 0.453 e. The van der Waals surface area contributed by atoms with E-state index in [1.165, 1.54) is 0 Å². The van der Waals surface area contributed by atoms with Crippen LogP contribution in [0.5, 0.6) is 11.5 Å². The fourth-order valence-electron chi connectivity index (χ4n) is 2.95. The van der Waals surface area contributed by atoms with Crippen LogP contribution in [-0.4, -0.2) is 5.91 Å². The molecule has 118 valence electrons. The quantitative estimate of drug-likeness (QED) is 0.732. The van der Waals surface area contributed by atoms with Crippen molar-refractivity contribution < 1.29 is 9.53 Å². The summed E-state index contributed by atoms with van der Waals surface area (Å²) in [5.41, 5.74) is 7.16. The fraction of sp³-hybridized carbons (Fsp3) is 0.188. The number of nitrogens with two attached hydrogens (primary N) is 1. The Hall–Kier alpha value is -1.62. The number of anilines is 2. The molecule has 7 heteroatoms. The predicted octanol–water partition coefficient (Wildman–Crippen LogP) is 5.01. The van der Waals surface area contributed by atoms with E-state index in [0.717, 1.165) is 24.1 Å². The zero-order valence-corrected chi connectivity index (χ0v) is 14.0. The van der Waals surface area contributed by atoms with Crippen molar-refractivity contribution in [2.45, 2.75) is 18.3 Å². The number of nitrogen functional groups attached to an aromatic ring is 1. The number of amides is 1. The van der Waals surface area contributed by atoms with Gasteiger partial charge in [-0.2, -0.15) is 0 Å². The molecule has 0 unspecified atom stereocenters. The summed E-state index contributed by atoms with van der Waals surface area (Å²) in [6.45, 7) is 0. The smallest absolute Gasteiger partial charge is 0.235 e. The Morgan fingerprint density at radius 1 is 1.13 bits per heavy atom. The van der Waals surface area contributed by atoms with Gasteiger partial charge in [-0.25, -0.2) is 0 Å². The number of ether oxygens (including phenoxy) is 1. The highest BCUT2D eigenvalue weighted by Crippen LogP contribution is 2.59. The first-order valence-corrected chi connectivity index (χ1v) is 8.12. The molecule has 1 aliphatic heterocycles. The summed E-state index contributed by atoms with van der Waals surface area (Å²) in [7, 11) is 0. The van der Waals surface area contributed by atoms with Crippen molar-refractivity contribution in [2.75, 3.05) is 11.1 Å². The van der Waals surface area contributed by atoms with E-state index in [2.05, 4.69) is 5.32 Å². The van der Waals surface area contributed by atoms with Crippen molar-refractivity contribution in [1.29, 1.82) is 0 Å². The van der Waals surface area contributed by atoms with Crippen molar-refractivity contribution in [1.82, 2.24) is 0 Å². The van der Waals surface area contributed by atoms with Crippen LogP contribution < -0.4 is 15.8 Å². The van der Waals surface area contributed by atoms with Gasteiger partial charge in [-0.05, 0) is 37.1 Å². The van der Waals surface area contributed by atoms with Crippen LogP contribution in [0.2, 0.25) is 15.1 Å². The Morgan fingerprint density at radius 3 is 2.39 bits per heavy atom. The minimum atomic E-state index is -0.500. The van der Waals surface area contributed by atoms with Gasteiger partial charge in [0, 0.05) is 16.9 Å². The predicted molar refractivity (Wildman–Crippen MR) is 91.9 cm³/mol. The van der Waals surface area contributed by atoms with E-state index in [1.807, 2.05) is 0 Å². The molecule has 4 nitrogen and oxygen atoms in total. The van der Waals surface area contributed by atoms with Crippen LogP contribution in [0.1, 0.15) is 18.4 Å². The maximum Gasteiger partial charge on any atom is 0.235 e. The molecule has 1 amide bonds. The van der Waals surface area contributed by atoms with Crippen molar-refractivity contribution in [2.24, 2.45) is 0 Å². The second-order valence-electron chi connectivity index (χ2n) is 5.75. The highest BCUT2D eigenvalue weighted by Gasteiger charge is 2.57. The minimum absolute atomic E-state index is 0.00454. The zero-order chi connectivity index (χ0) is 16.4. The van der Waals surface area contributed by atoms with Crippen molar-refractivity contribution in [3.05, 3.63) is 44.9 Å². The van der Waals surface area contributed by atoms with Gasteiger partial charge in [0.05, 0.1) is 20.5 Å². The average Bonchev–Trinajstić information content (AvgIpc) is 3.20. The maximum atomic E-state index is 12.1. The van der Waals surface area contributed by atoms with E-state index >= 15 is 0 Å². The van der Waals surface area contributed by atoms with Gasteiger partial charge in [0.1, 0.15) is 5.75 Å². The summed E-state index contributed by atoms with van der Waals surface area (Å²) in [6.07, 6.45) is 1.58. The number of hydrogen-bond donors (Lipinski definition) is 2. The monoisotopic (exact) mass is 368 g/mol. The molecule has 0 aromatic heterocycles. The SMILES string of the molecule is Nc1cc(Cl)c(Oc2ccc3c(c2Cl)C2(CC2)C(=O)N3)c(Cl)c1. The summed E-state index contributed by atoms with van der Waals surface area (Å²) in [6, 6.07) is 6.57. The molecule has 1 spiro atoms. The second kappa shape index (κ2) is 4.94. The zero-order valence-electron chi connectivity index (χ0n) is 11.8. The van der Waals surface area contributed by atoms with Crippen LogP contribution in [-0.2, 0) is 10.2 Å². The first-order valence-electron chi connectivity index (χ1n) is 6.99. The molecule has 0 radical (unpaired) electrons. The van der Waals surface area contributed by atoms with Gasteiger partial charge in [-0.15, -0.1) is 0 Å². The second-order valence-corrected chi connectivity index (χ2v) is 6.94. The molecule has 4 rings (SSSR count). The third-order valence-electron chi connectivity index (χ3n) is 4.25. The van der Waals surface area contributed by atoms with E-state index in [1.54, 1.807) is 24.3 Å². The molecule has 3 N–H and O–H groups in total. The summed E-state index contributed by atoms with van der Waals surface area (Å²) < 4.78 is 5.82. The van der Waals surface area contributed by atoms with E-state index < -0.39 is 5.41 Å². The number of fused-ring (bicyclic) bond motifs is 2. The number of rotatable bonds is 2. The van der Waals surface area contributed by atoms with Gasteiger partial charge in [0.15, 0.2) is 5.75 Å². The Kier molecular flexibility index (Phi) is 3.21. The van der Waals surface area contributed by atoms with Crippen LogP contribution in [0.4, 0.5) is 11.4 Å². The van der Waals surface area contributed by atoms with E-state index in [-0.39, 0.29) is 11.7 Å². The molecule has 1 fully saturated rings. The van der Waals surface area contributed by atoms with Crippen molar-refractivity contribution >= 4 is 52.1 Å². The van der Waals surface area contributed by atoms with Crippen LogP contribution in [0.25, 0.3) is 0 Å². The lowest BCUT2D eigenvalue weighted by Crippen LogP contribution is -2.18. The van der Waals surface area contributed by atoms with Gasteiger partial charge in [0.25, 0.3) is 0 Å². The highest BCUT2D eigenvalue weighted by molar-refractivity contribution is 6.38. The number of carbonyl (C=O) groups is 1. The fourth-order valence-corrected chi connectivity index (χ4v) is 3.92. The molecule has 23 heavy (non-hydrogen) atoms. The Labute approximate surface area is 147 Å². The first-order chi connectivity index (χ1) is 10.9. The lowest BCUT2D eigenvalue weighted by molar-refractivity contribution is -0.117. The Balaban J connectivity index is 1.78. The number of carbonyl (C=O) groups excluding carboxylic acids is 1. The van der Waals surface area contributed by atoms with Crippen LogP contribution in [0.3, 0.4) is 0 Å². The third-order valence-corrected chi connectivity index (χ3v) is 5.19. The summed E-state index contributed by atoms with van der Waals surface area (Å²) in [5, 5.41) is 3.86. The first kappa shape index (κ1) is 14.9. The standard InChI is InChI=1S/C16H11Cl3N2O2/c17-8-5-7(20)6-9(18)14(8)23-11-2-1-10-12(13(11)19)16(3-4-16)15(22)21-10/h1-2,5-6H,3-4,20H2,(H,21,22). The van der Waals surface area contributed by atoms with Crippen LogP contribution in [0, 0.1) is 0 Å². The molecule has 2 aromatic rings. The molecule has 0 saturated heterocycles. The van der Waals surface area contributed by atoms with Crippen LogP contribution >= 0.6 is 34.8 Å². The molecule has 0 atom stereocenters. The topological polar surface area (TPSA) is 64.3 Å². The van der Waals surface area contributed by atoms with Gasteiger partial charge in [-0.3, -0.25) is 4.79 Å². The van der Waals surface area contributed by atoms with Crippen molar-refractivity contribution in [3.8, 4) is 11.5 Å². The summed E-state index contributed by atoms with van der Waals surface area (Å²) >= 11 is 18.8. The van der Waals surface area contributed by atoms with Crippen LogP contribution in [0.15, 0.2) is 24.3 Å². The molecular formula is C16H11Cl3N2O2. The molecule has 2 aromatic carbocycles. The molecule has 2 aliphatic rings. The Bertz CT molecular complexity index is 840. The molecule has 0 bridgehead atoms. The van der Waals surface area contributed by atoms with E-state index in [4.69, 9.17) is 45.3 Å². The van der Waals surface area contributed by atoms with Crippen molar-refractivity contribution in [3.63, 3.8) is 0 Å². The minimum Gasteiger partial charge on any atom is -0.453 e. The normalized spacial score (nSPS) is 17.1. The summed E-state index contributed by atoms with van der Waals surface area (Å²) in [4.78, 5) is 12.1. The van der Waals surface area contributed by atoms with E-state index in [0.29, 0.717) is 26.5 Å². The lowest BCUT2D eigenvalue weighted by Gasteiger charge is -2.15. The summed E-state index contributed by atoms with van der Waals surface area (Å²) in [5.74, 6) is 0.684. The number of halogens is 3. The number of nitrogens with one attached hydrogen (secondary N) is 1. The molecule has 1 aliphatic carbocycles. The van der Waals surface area contributed by atoms with Gasteiger partial charge in [0.2, 0.25) is 5.91 Å².